The molecule has 24 heteroatoms. The van der Waals surface area contributed by atoms with Crippen molar-refractivity contribution in [1.29, 1.82) is 0 Å². The summed E-state index contributed by atoms with van der Waals surface area (Å²) in [5.74, 6) is 0. The second-order valence-corrected chi connectivity index (χ2v) is 42.6. The molecule has 0 aliphatic rings. The first-order valence-electron chi connectivity index (χ1n) is 56.8. The number of quaternary nitrogens is 4. The Kier molecular flexibility index (Phi) is 68.0. The summed E-state index contributed by atoms with van der Waals surface area (Å²) in [5.41, 5.74) is 25.7. The average molecular weight is 2260 g/mol. The fourth-order valence-corrected chi connectivity index (χ4v) is 18.9. The third-order valence-corrected chi connectivity index (χ3v) is 28.4. The van der Waals surface area contributed by atoms with Gasteiger partial charge in [-0.25, -0.2) is 19.6 Å². The molecule has 0 heterocycles. The number of benzene rings is 10. The normalized spacial score (nSPS) is 11.0. The number of hydrogen-bond acceptors (Lipinski definition) is 16. The van der Waals surface area contributed by atoms with Crippen LogP contribution in [0, 0.1) is 0 Å². The minimum atomic E-state index is -4.04. The van der Waals surface area contributed by atoms with Gasteiger partial charge in [0.1, 0.15) is 68.2 Å². The molecule has 0 aromatic heterocycles. The zero-order valence-corrected chi connectivity index (χ0v) is 98.7. The Morgan fingerprint density at radius 2 is 0.236 bits per heavy atom. The average Bonchev–Trinajstić information content (AvgIpc) is 0.784. The van der Waals surface area contributed by atoms with E-state index in [-0.39, 0.29) is 9.41 Å². The molecule has 4 N–H and O–H groups in total. The Morgan fingerprint density at radius 1 is 0.169 bits per heavy atom. The molecule has 20 nitrogen and oxygen atoms in total. The Balaban J connectivity index is 0.000000470. The first-order chi connectivity index (χ1) is 71.4. The van der Waals surface area contributed by atoms with Crippen molar-refractivity contribution in [2.75, 3.05) is 144 Å². The summed E-state index contributed by atoms with van der Waals surface area (Å²) in [5, 5.41) is 17.2. The number of halogens is 2. The summed E-state index contributed by atoms with van der Waals surface area (Å²) in [4.78, 5) is 25.9. The maximum absolute atomic E-state index is 8.99. The summed E-state index contributed by atoms with van der Waals surface area (Å²) in [6.07, 6.45) is 38.8. The van der Waals surface area contributed by atoms with E-state index in [1.165, 1.54) is 339 Å². The Labute approximate surface area is 910 Å². The van der Waals surface area contributed by atoms with Gasteiger partial charge in [-0.2, -0.15) is 0 Å². The number of anilines is 8. The van der Waals surface area contributed by atoms with Crippen molar-refractivity contribution in [1.82, 2.24) is 0 Å². The third kappa shape index (κ3) is 44.5. The first-order valence-corrected chi connectivity index (χ1v) is 63.1. The zero-order valence-electron chi connectivity index (χ0n) is 93.6. The van der Waals surface area contributed by atoms with Gasteiger partial charge in [-0.1, -0.05) is 214 Å². The van der Waals surface area contributed by atoms with Crippen LogP contribution in [0.3, 0.4) is 0 Å². The van der Waals surface area contributed by atoms with E-state index in [2.05, 4.69) is 399 Å². The van der Waals surface area contributed by atoms with E-state index in [1.807, 2.05) is 0 Å². The SMILES string of the molecule is CCCCN(CCCC)c1ccc([NH+](c2ccc(N(CCCC)CCCC)cc2)c2ccc([NH+](c3ccc(N(CCCC)CCCC)cc3)c3ccc(N(CCCC)CCCC)cc3)cc2)cc1.CCCCN(CCCC)c1ccc([NH+](c2ccc(N(CCCC)CCCC)cc2)c2ccc([NH+](c3ccc(N(CCCC)CCCC)cc3)c3ccc(N(CCCC)CCCC)cc3)cc2)cc1.F.F.[O]=[Sb]([O-])[O][O-].[O]=[Sb]([O-])[O][O-]. The number of unbranched alkanes of at least 4 members (excludes halogenated alkanes) is 16. The predicted octanol–water partition coefficient (Wildman–Crippen LogP) is 25.8. The second kappa shape index (κ2) is 77.6. The molecular weight excluding hydrogens is 2070 g/mol. The monoisotopic (exact) mass is 2260 g/mol. The van der Waals surface area contributed by atoms with Crippen LogP contribution in [0.15, 0.2) is 243 Å². The maximum atomic E-state index is 8.99. The van der Waals surface area contributed by atoms with Crippen LogP contribution < -0.4 is 76.1 Å². The molecule has 818 valence electrons. The molecule has 0 aliphatic heterocycles. The van der Waals surface area contributed by atoms with Crippen LogP contribution in [0.5, 0.6) is 0 Å². The fourth-order valence-electron chi connectivity index (χ4n) is 18.9. The van der Waals surface area contributed by atoms with Crippen LogP contribution >= 0.6 is 0 Å². The van der Waals surface area contributed by atoms with Gasteiger partial charge in [0.25, 0.3) is 0 Å². The molecule has 0 unspecified atom stereocenters. The van der Waals surface area contributed by atoms with Crippen LogP contribution in [0.1, 0.15) is 316 Å². The van der Waals surface area contributed by atoms with Gasteiger partial charge in [0.15, 0.2) is 0 Å². The zero-order chi connectivity index (χ0) is 105. The Hall–Kier alpha value is -8.70. The van der Waals surface area contributed by atoms with E-state index < -0.39 is 42.1 Å². The van der Waals surface area contributed by atoms with Crippen LogP contribution in [0.25, 0.3) is 0 Å². The standard InChI is InChI=1S/2C62H92N6.2FH.2O2.4O.2Sb/c2*1-9-17-45-63(46-18-10-2)53-25-33-57(34-26-53)67(58-35-27-54(28-36-58)64(47-19-11-3)48-20-12-4)61-41-43-62(44-42-61)68(59-37-29-55(30-38-59)65(49-21-13-5)50-22-14-6)60-39-31-56(32-40-60)66(51-23-15-7)52-24-16-8;;;2*1-2;;;;;;/h2*25-44H,9-24,45-52H2,1-8H3;2*1H;;;;;;;;/q;;;;2*-2;;;2*-1;2*+1/p+4. The van der Waals surface area contributed by atoms with E-state index in [0.717, 1.165) is 105 Å². The van der Waals surface area contributed by atoms with Crippen molar-refractivity contribution in [3.63, 3.8) is 0 Å². The molecular formula is C124H190F2N12O8Sb2. The second-order valence-electron chi connectivity index (χ2n) is 39.2. The quantitative estimate of drug-likeness (QED) is 0.0160. The van der Waals surface area contributed by atoms with Crippen molar-refractivity contribution in [2.45, 2.75) is 316 Å². The predicted molar refractivity (Wildman–Crippen MR) is 620 cm³/mol. The summed E-state index contributed by atoms with van der Waals surface area (Å²) in [7, 11) is 0. The molecule has 0 saturated heterocycles. The van der Waals surface area contributed by atoms with Crippen molar-refractivity contribution in [3.05, 3.63) is 243 Å². The summed E-state index contributed by atoms with van der Waals surface area (Å²) in [6, 6.07) is 95.0. The molecule has 0 aliphatic carbocycles. The van der Waals surface area contributed by atoms with E-state index in [1.54, 1.807) is 0 Å². The van der Waals surface area contributed by atoms with Gasteiger partial charge in [-0.15, -0.1) is 0 Å². The number of hydrogen-bond donors (Lipinski definition) is 4. The third-order valence-electron chi connectivity index (χ3n) is 27.7. The van der Waals surface area contributed by atoms with Gasteiger partial charge in [-0.3, -0.25) is 9.41 Å². The molecule has 0 amide bonds. The van der Waals surface area contributed by atoms with Gasteiger partial charge in [-0.05, 0) is 200 Å². The van der Waals surface area contributed by atoms with Crippen molar-refractivity contribution < 1.29 is 58.7 Å². The number of rotatable bonds is 70. The van der Waals surface area contributed by atoms with Crippen molar-refractivity contribution in [2.24, 2.45) is 0 Å². The van der Waals surface area contributed by atoms with Crippen LogP contribution in [0.4, 0.5) is 123 Å². The van der Waals surface area contributed by atoms with Gasteiger partial charge >= 0.3 is 71.7 Å². The van der Waals surface area contributed by atoms with E-state index in [9.17, 15) is 0 Å². The Morgan fingerprint density at radius 3 is 0.297 bits per heavy atom. The molecule has 10 rings (SSSR count). The molecule has 10 aromatic carbocycles. The number of nitrogens with zero attached hydrogens (tertiary/aromatic N) is 8. The van der Waals surface area contributed by atoms with E-state index in [4.69, 9.17) is 23.3 Å². The topological polar surface area (TPSA) is 189 Å². The number of nitrogens with one attached hydrogen (secondary N) is 4. The van der Waals surface area contributed by atoms with Gasteiger partial charge in [0, 0.05) is 296 Å². The molecule has 148 heavy (non-hydrogen) atoms. The molecule has 0 fully saturated rings. The fraction of sp³-hybridized carbons (Fsp3) is 0.516. The molecule has 0 spiro atoms. The molecule has 0 saturated carbocycles. The van der Waals surface area contributed by atoms with Crippen molar-refractivity contribution >= 4 is 156 Å². The van der Waals surface area contributed by atoms with Gasteiger partial charge in [0.05, 0.1) is 0 Å². The van der Waals surface area contributed by atoms with E-state index in [0.29, 0.717) is 0 Å². The van der Waals surface area contributed by atoms with E-state index >= 15 is 0 Å². The minimum absolute atomic E-state index is 0. The van der Waals surface area contributed by atoms with Crippen molar-refractivity contribution in [3.8, 4) is 0 Å². The van der Waals surface area contributed by atoms with Gasteiger partial charge < -0.3 is 39.2 Å². The summed E-state index contributed by atoms with van der Waals surface area (Å²) in [6.45, 7) is 54.5. The van der Waals surface area contributed by atoms with Crippen LogP contribution in [0.2, 0.25) is 0 Å². The summed E-state index contributed by atoms with van der Waals surface area (Å²) >= 11 is -8.07. The first kappa shape index (κ1) is 130. The molecule has 10 aromatic rings. The Bertz CT molecular complexity index is 4100. The molecule has 0 bridgehead atoms. The van der Waals surface area contributed by atoms with Crippen LogP contribution in [-0.4, -0.2) is 147 Å². The van der Waals surface area contributed by atoms with Gasteiger partial charge in [0.2, 0.25) is 0 Å². The molecule has 2 radical (unpaired) electrons. The molecule has 0 atom stereocenters. The van der Waals surface area contributed by atoms with Crippen LogP contribution in [-0.2, 0) is 12.4 Å². The summed E-state index contributed by atoms with van der Waals surface area (Å²) < 4.78 is 41.1.